The van der Waals surface area contributed by atoms with Crippen LogP contribution in [0.2, 0.25) is 5.02 Å². The largest absolute Gasteiger partial charge is 0.484 e. The number of benzene rings is 1. The highest BCUT2D eigenvalue weighted by Crippen LogP contribution is 2.21. The zero-order chi connectivity index (χ0) is 16.0. The van der Waals surface area contributed by atoms with Crippen LogP contribution in [0.1, 0.15) is 12.5 Å². The van der Waals surface area contributed by atoms with E-state index in [0.29, 0.717) is 10.8 Å². The zero-order valence-electron chi connectivity index (χ0n) is 12.7. The standard InChI is InChI=1S/C15H20ClNO4/c1-10-7-12(5-6-13(10)16)21-9-14(18)17(3)8-11(2)15(19)20-4/h5-7,11H,8-9H2,1-4H3. The molecule has 0 aromatic heterocycles. The third kappa shape index (κ3) is 5.27. The van der Waals surface area contributed by atoms with Gasteiger partial charge in [-0.1, -0.05) is 18.5 Å². The molecule has 6 heteroatoms. The van der Waals surface area contributed by atoms with E-state index < -0.39 is 0 Å². The quantitative estimate of drug-likeness (QED) is 0.756. The van der Waals surface area contributed by atoms with Gasteiger partial charge in [0.15, 0.2) is 6.61 Å². The fraction of sp³-hybridized carbons (Fsp3) is 0.467. The lowest BCUT2D eigenvalue weighted by Gasteiger charge is -2.20. The molecule has 0 aliphatic rings. The minimum atomic E-state index is -0.373. The maximum Gasteiger partial charge on any atom is 0.310 e. The highest BCUT2D eigenvalue weighted by atomic mass is 35.5. The van der Waals surface area contributed by atoms with Crippen molar-refractivity contribution in [3.8, 4) is 5.75 Å². The summed E-state index contributed by atoms with van der Waals surface area (Å²) >= 11 is 5.92. The number of carbonyl (C=O) groups excluding carboxylic acids is 2. The van der Waals surface area contributed by atoms with Crippen molar-refractivity contribution in [3.63, 3.8) is 0 Å². The molecule has 0 spiro atoms. The number of hydrogen-bond acceptors (Lipinski definition) is 4. The molecule has 0 radical (unpaired) electrons. The van der Waals surface area contributed by atoms with Gasteiger partial charge >= 0.3 is 5.97 Å². The first-order chi connectivity index (χ1) is 9.85. The fourth-order valence-corrected chi connectivity index (χ4v) is 1.87. The molecule has 0 aliphatic heterocycles. The average molecular weight is 314 g/mol. The van der Waals surface area contributed by atoms with Crippen LogP contribution in [-0.4, -0.2) is 44.1 Å². The molecule has 116 valence electrons. The molecule has 0 saturated carbocycles. The number of hydrogen-bond donors (Lipinski definition) is 0. The van der Waals surface area contributed by atoms with Crippen LogP contribution in [0, 0.1) is 12.8 Å². The Kier molecular flexibility index (Phi) is 6.49. The number of rotatable bonds is 6. The Morgan fingerprint density at radius 3 is 2.62 bits per heavy atom. The van der Waals surface area contributed by atoms with E-state index >= 15 is 0 Å². The molecule has 1 unspecified atom stereocenters. The number of aryl methyl sites for hydroxylation is 1. The van der Waals surface area contributed by atoms with Crippen LogP contribution in [0.4, 0.5) is 0 Å². The van der Waals surface area contributed by atoms with Gasteiger partial charge in [-0.25, -0.2) is 0 Å². The molecule has 1 rings (SSSR count). The third-order valence-electron chi connectivity index (χ3n) is 3.07. The Morgan fingerprint density at radius 2 is 2.05 bits per heavy atom. The molecule has 5 nitrogen and oxygen atoms in total. The van der Waals surface area contributed by atoms with Crippen molar-refractivity contribution in [3.05, 3.63) is 28.8 Å². The van der Waals surface area contributed by atoms with Gasteiger partial charge in [0.1, 0.15) is 5.75 Å². The van der Waals surface area contributed by atoms with E-state index in [0.717, 1.165) is 5.56 Å². The summed E-state index contributed by atoms with van der Waals surface area (Å²) in [6, 6.07) is 5.20. The lowest BCUT2D eigenvalue weighted by Crippen LogP contribution is -2.37. The molecule has 1 amide bonds. The second-order valence-electron chi connectivity index (χ2n) is 4.90. The van der Waals surface area contributed by atoms with Crippen LogP contribution in [0.3, 0.4) is 0 Å². The second kappa shape index (κ2) is 7.88. The molecule has 21 heavy (non-hydrogen) atoms. The highest BCUT2D eigenvalue weighted by Gasteiger charge is 2.18. The van der Waals surface area contributed by atoms with E-state index in [2.05, 4.69) is 4.74 Å². The molecular formula is C15H20ClNO4. The number of carbonyl (C=O) groups is 2. The molecule has 1 aromatic carbocycles. The van der Waals surface area contributed by atoms with E-state index in [1.54, 1.807) is 32.2 Å². The van der Waals surface area contributed by atoms with Crippen molar-refractivity contribution in [2.24, 2.45) is 5.92 Å². The maximum absolute atomic E-state index is 11.9. The third-order valence-corrected chi connectivity index (χ3v) is 3.49. The van der Waals surface area contributed by atoms with Crippen LogP contribution < -0.4 is 4.74 Å². The van der Waals surface area contributed by atoms with Crippen molar-refractivity contribution in [2.75, 3.05) is 27.3 Å². The van der Waals surface area contributed by atoms with Crippen LogP contribution in [0.5, 0.6) is 5.75 Å². The number of likely N-dealkylation sites (N-methyl/N-ethyl adjacent to an activating group) is 1. The van der Waals surface area contributed by atoms with Gasteiger partial charge in [0.05, 0.1) is 13.0 Å². The minimum absolute atomic E-state index is 0.0918. The SMILES string of the molecule is COC(=O)C(C)CN(C)C(=O)COc1ccc(Cl)c(C)c1. The van der Waals surface area contributed by atoms with Crippen LogP contribution in [0.15, 0.2) is 18.2 Å². The number of esters is 1. The van der Waals surface area contributed by atoms with Gasteiger partial charge in [-0.05, 0) is 30.7 Å². The topological polar surface area (TPSA) is 55.8 Å². The number of amides is 1. The van der Waals surface area contributed by atoms with Gasteiger partial charge in [0, 0.05) is 18.6 Å². The summed E-state index contributed by atoms with van der Waals surface area (Å²) in [7, 11) is 2.95. The van der Waals surface area contributed by atoms with E-state index in [1.165, 1.54) is 12.0 Å². The minimum Gasteiger partial charge on any atom is -0.484 e. The summed E-state index contributed by atoms with van der Waals surface area (Å²) in [5.74, 6) is -0.344. The van der Waals surface area contributed by atoms with E-state index in [9.17, 15) is 9.59 Å². The fourth-order valence-electron chi connectivity index (χ4n) is 1.75. The molecule has 0 N–H and O–H groups in total. The van der Waals surface area contributed by atoms with Crippen molar-refractivity contribution in [2.45, 2.75) is 13.8 Å². The molecule has 0 heterocycles. The maximum atomic E-state index is 11.9. The summed E-state index contributed by atoms with van der Waals surface area (Å²) in [5, 5.41) is 0.651. The number of methoxy groups -OCH3 is 1. The highest BCUT2D eigenvalue weighted by molar-refractivity contribution is 6.31. The second-order valence-corrected chi connectivity index (χ2v) is 5.31. The molecule has 0 aliphatic carbocycles. The predicted octanol–water partition coefficient (Wildman–Crippen LogP) is 2.29. The number of nitrogens with zero attached hydrogens (tertiary/aromatic N) is 1. The Labute approximate surface area is 129 Å². The average Bonchev–Trinajstić information content (AvgIpc) is 2.46. The van der Waals surface area contributed by atoms with Gasteiger partial charge in [0.25, 0.3) is 5.91 Å². The summed E-state index contributed by atoms with van der Waals surface area (Å²) in [6.45, 7) is 3.76. The normalized spacial score (nSPS) is 11.7. The van der Waals surface area contributed by atoms with Gasteiger partial charge in [-0.3, -0.25) is 9.59 Å². The Bertz CT molecular complexity index is 518. The monoisotopic (exact) mass is 313 g/mol. The first-order valence-corrected chi connectivity index (χ1v) is 6.93. The summed E-state index contributed by atoms with van der Waals surface area (Å²) in [5.41, 5.74) is 0.884. The Balaban J connectivity index is 2.49. The molecule has 1 aromatic rings. The first-order valence-electron chi connectivity index (χ1n) is 6.56. The van der Waals surface area contributed by atoms with E-state index in [-0.39, 0.29) is 30.9 Å². The molecule has 0 saturated heterocycles. The Morgan fingerprint density at radius 1 is 1.38 bits per heavy atom. The Hall–Kier alpha value is -1.75. The van der Waals surface area contributed by atoms with Crippen molar-refractivity contribution in [1.29, 1.82) is 0 Å². The number of ether oxygens (including phenoxy) is 2. The van der Waals surface area contributed by atoms with Crippen LogP contribution >= 0.6 is 11.6 Å². The zero-order valence-corrected chi connectivity index (χ0v) is 13.4. The van der Waals surface area contributed by atoms with Crippen molar-refractivity contribution < 1.29 is 19.1 Å². The lowest BCUT2D eigenvalue weighted by molar-refractivity contribution is -0.146. The molecule has 0 bridgehead atoms. The molecular weight excluding hydrogens is 294 g/mol. The van der Waals surface area contributed by atoms with Crippen molar-refractivity contribution in [1.82, 2.24) is 4.90 Å². The van der Waals surface area contributed by atoms with Crippen LogP contribution in [-0.2, 0) is 14.3 Å². The summed E-state index contributed by atoms with van der Waals surface area (Å²) < 4.78 is 10.1. The smallest absolute Gasteiger partial charge is 0.310 e. The number of halogens is 1. The predicted molar refractivity (Wildman–Crippen MR) is 80.5 cm³/mol. The first kappa shape index (κ1) is 17.3. The van der Waals surface area contributed by atoms with Crippen molar-refractivity contribution >= 4 is 23.5 Å². The molecule has 1 atom stereocenters. The van der Waals surface area contributed by atoms with Gasteiger partial charge in [-0.2, -0.15) is 0 Å². The van der Waals surface area contributed by atoms with E-state index in [4.69, 9.17) is 16.3 Å². The lowest BCUT2D eigenvalue weighted by atomic mass is 10.2. The molecule has 0 fully saturated rings. The van der Waals surface area contributed by atoms with E-state index in [1.807, 2.05) is 6.92 Å². The van der Waals surface area contributed by atoms with Gasteiger partial charge < -0.3 is 14.4 Å². The summed E-state index contributed by atoms with van der Waals surface area (Å²) in [4.78, 5) is 24.7. The van der Waals surface area contributed by atoms with Gasteiger partial charge in [0.2, 0.25) is 0 Å². The summed E-state index contributed by atoms with van der Waals surface area (Å²) in [6.07, 6.45) is 0. The van der Waals surface area contributed by atoms with Gasteiger partial charge in [-0.15, -0.1) is 0 Å². The van der Waals surface area contributed by atoms with Crippen LogP contribution in [0.25, 0.3) is 0 Å².